The van der Waals surface area contributed by atoms with Gasteiger partial charge < -0.3 is 29.0 Å². The van der Waals surface area contributed by atoms with Gasteiger partial charge in [0, 0.05) is 23.2 Å². The number of benzene rings is 1. The average molecular weight is 422 g/mol. The minimum Gasteiger partial charge on any atom is -0.496 e. The lowest BCUT2D eigenvalue weighted by molar-refractivity contribution is -0.145. The first-order valence-corrected chi connectivity index (χ1v) is 9.97. The summed E-state index contributed by atoms with van der Waals surface area (Å²) in [7, 11) is 4.65. The van der Waals surface area contributed by atoms with Gasteiger partial charge in [0.15, 0.2) is 11.5 Å². The Balaban J connectivity index is 2.10. The van der Waals surface area contributed by atoms with Crippen LogP contribution in [0.2, 0.25) is 0 Å². The predicted molar refractivity (Wildman–Crippen MR) is 108 cm³/mol. The van der Waals surface area contributed by atoms with Crippen LogP contribution >= 0.6 is 0 Å². The van der Waals surface area contributed by atoms with Crippen LogP contribution in [0.15, 0.2) is 0 Å². The second-order valence-electron chi connectivity index (χ2n) is 7.79. The Bertz CT molecular complexity index is 839. The molecule has 0 aliphatic carbocycles. The smallest absolute Gasteiger partial charge is 0.410 e. The number of aliphatic hydroxyl groups is 1. The summed E-state index contributed by atoms with van der Waals surface area (Å²) < 4.78 is 22.2. The van der Waals surface area contributed by atoms with Crippen molar-refractivity contribution in [3.63, 3.8) is 0 Å². The van der Waals surface area contributed by atoms with Gasteiger partial charge >= 0.3 is 6.09 Å². The second kappa shape index (κ2) is 8.59. The molecular formula is C21H30N2O7. The van der Waals surface area contributed by atoms with E-state index in [-0.39, 0.29) is 31.2 Å². The third-order valence-electron chi connectivity index (χ3n) is 5.66. The van der Waals surface area contributed by atoms with Crippen LogP contribution in [0.3, 0.4) is 0 Å². The number of aliphatic hydroxyl groups excluding tert-OH is 1. The van der Waals surface area contributed by atoms with Gasteiger partial charge in [-0.05, 0) is 27.2 Å². The summed E-state index contributed by atoms with van der Waals surface area (Å²) >= 11 is 0. The molecule has 0 bridgehead atoms. The fraction of sp³-hybridized carbons (Fsp3) is 0.619. The lowest BCUT2D eigenvalue weighted by Crippen LogP contribution is -2.61. The SMILES string of the molecule is COc1c(C)c(OC)c(OC)c2c1C[C@H]1CN(C(=O)OC(C)C)CC(=O)N1[C@H]2CO. The fourth-order valence-electron chi connectivity index (χ4n) is 4.58. The second-order valence-corrected chi connectivity index (χ2v) is 7.79. The number of fused-ring (bicyclic) bond motifs is 2. The topological polar surface area (TPSA) is 97.8 Å². The van der Waals surface area contributed by atoms with Crippen LogP contribution in [0, 0.1) is 6.92 Å². The zero-order valence-corrected chi connectivity index (χ0v) is 18.4. The molecule has 2 amide bonds. The normalized spacial score (nSPS) is 20.6. The van der Waals surface area contributed by atoms with Crippen molar-refractivity contribution >= 4 is 12.0 Å². The molecule has 0 unspecified atom stereocenters. The van der Waals surface area contributed by atoms with Gasteiger partial charge in [0.25, 0.3) is 0 Å². The first-order chi connectivity index (χ1) is 14.3. The summed E-state index contributed by atoms with van der Waals surface area (Å²) in [6, 6.07) is -0.949. The van der Waals surface area contributed by atoms with Gasteiger partial charge in [-0.3, -0.25) is 9.69 Å². The van der Waals surface area contributed by atoms with E-state index in [0.29, 0.717) is 35.8 Å². The molecule has 2 aliphatic rings. The van der Waals surface area contributed by atoms with Crippen molar-refractivity contribution in [3.8, 4) is 17.2 Å². The molecule has 2 atom stereocenters. The Morgan fingerprint density at radius 2 is 1.77 bits per heavy atom. The number of rotatable bonds is 5. The Kier molecular flexibility index (Phi) is 6.30. The quantitative estimate of drug-likeness (QED) is 0.771. The first-order valence-electron chi connectivity index (χ1n) is 9.97. The average Bonchev–Trinajstić information content (AvgIpc) is 2.70. The van der Waals surface area contributed by atoms with Gasteiger partial charge in [-0.25, -0.2) is 4.79 Å². The molecule has 0 spiro atoms. The highest BCUT2D eigenvalue weighted by Crippen LogP contribution is 2.50. The van der Waals surface area contributed by atoms with Gasteiger partial charge in [-0.15, -0.1) is 0 Å². The molecule has 1 aromatic carbocycles. The molecule has 9 nitrogen and oxygen atoms in total. The highest BCUT2D eigenvalue weighted by atomic mass is 16.6. The van der Waals surface area contributed by atoms with Crippen molar-refractivity contribution in [1.29, 1.82) is 0 Å². The van der Waals surface area contributed by atoms with E-state index in [4.69, 9.17) is 18.9 Å². The Hall–Kier alpha value is -2.68. The monoisotopic (exact) mass is 422 g/mol. The maximum absolute atomic E-state index is 13.0. The minimum absolute atomic E-state index is 0.101. The summed E-state index contributed by atoms with van der Waals surface area (Å²) in [4.78, 5) is 28.5. The standard InChI is InChI=1S/C21H30N2O7/c1-11(2)30-21(26)22-8-13-7-14-17(15(10-24)23(13)16(25)9-22)20(29-6)19(28-5)12(3)18(14)27-4/h11,13,15,24H,7-10H2,1-6H3/t13-,15-/m0/s1. The molecule has 1 aromatic rings. The highest BCUT2D eigenvalue weighted by molar-refractivity contribution is 5.85. The van der Waals surface area contributed by atoms with E-state index in [9.17, 15) is 14.7 Å². The zero-order chi connectivity index (χ0) is 22.2. The molecule has 2 heterocycles. The lowest BCUT2D eigenvalue weighted by atomic mass is 9.84. The molecule has 166 valence electrons. The molecule has 0 aromatic heterocycles. The largest absolute Gasteiger partial charge is 0.496 e. The first kappa shape index (κ1) is 22.0. The van der Waals surface area contributed by atoms with E-state index in [2.05, 4.69) is 0 Å². The van der Waals surface area contributed by atoms with Crippen LogP contribution in [0.25, 0.3) is 0 Å². The van der Waals surface area contributed by atoms with Gasteiger partial charge in [-0.1, -0.05) is 0 Å². The molecule has 9 heteroatoms. The van der Waals surface area contributed by atoms with Crippen molar-refractivity contribution in [2.24, 2.45) is 0 Å². The van der Waals surface area contributed by atoms with Crippen LogP contribution in [0.5, 0.6) is 17.2 Å². The van der Waals surface area contributed by atoms with Crippen LogP contribution in [-0.2, 0) is 16.0 Å². The lowest BCUT2D eigenvalue weighted by Gasteiger charge is -2.48. The molecule has 1 saturated heterocycles. The van der Waals surface area contributed by atoms with E-state index in [0.717, 1.165) is 11.1 Å². The summed E-state index contributed by atoms with van der Waals surface area (Å²) in [5.41, 5.74) is 2.31. The van der Waals surface area contributed by atoms with Crippen LogP contribution in [0.1, 0.15) is 36.6 Å². The Labute approximate surface area is 176 Å². The highest BCUT2D eigenvalue weighted by Gasteiger charge is 2.46. The van der Waals surface area contributed by atoms with Gasteiger partial charge in [0.1, 0.15) is 12.3 Å². The summed E-state index contributed by atoms with van der Waals surface area (Å²) in [5.74, 6) is 1.38. The zero-order valence-electron chi connectivity index (χ0n) is 18.4. The van der Waals surface area contributed by atoms with Crippen molar-refractivity contribution < 1.29 is 33.6 Å². The van der Waals surface area contributed by atoms with Crippen LogP contribution in [0.4, 0.5) is 4.79 Å². The van der Waals surface area contributed by atoms with Crippen molar-refractivity contribution in [2.45, 2.75) is 45.4 Å². The third-order valence-corrected chi connectivity index (χ3v) is 5.66. The van der Waals surface area contributed by atoms with E-state index >= 15 is 0 Å². The minimum atomic E-state index is -0.632. The molecule has 1 N–H and O–H groups in total. The molecule has 3 rings (SSSR count). The number of piperazine rings is 1. The molecule has 30 heavy (non-hydrogen) atoms. The van der Waals surface area contributed by atoms with E-state index in [1.54, 1.807) is 33.0 Å². The van der Waals surface area contributed by atoms with E-state index < -0.39 is 12.1 Å². The van der Waals surface area contributed by atoms with Crippen LogP contribution in [-0.4, -0.2) is 80.1 Å². The molecule has 0 saturated carbocycles. The van der Waals surface area contributed by atoms with Gasteiger partial charge in [-0.2, -0.15) is 0 Å². The number of hydrogen-bond acceptors (Lipinski definition) is 7. The number of ether oxygens (including phenoxy) is 4. The van der Waals surface area contributed by atoms with Crippen LogP contribution < -0.4 is 14.2 Å². The molecule has 1 fully saturated rings. The summed E-state index contributed by atoms with van der Waals surface area (Å²) in [6.07, 6.45) is -0.338. The van der Waals surface area contributed by atoms with E-state index in [1.165, 1.54) is 12.0 Å². The van der Waals surface area contributed by atoms with Crippen molar-refractivity contribution in [2.75, 3.05) is 41.0 Å². The predicted octanol–water partition coefficient (Wildman–Crippen LogP) is 1.67. The summed E-state index contributed by atoms with van der Waals surface area (Å²) in [6.45, 7) is 5.32. The maximum atomic E-state index is 13.0. The van der Waals surface area contributed by atoms with E-state index in [1.807, 2.05) is 6.92 Å². The van der Waals surface area contributed by atoms with Crippen molar-refractivity contribution in [1.82, 2.24) is 9.80 Å². The molecule has 0 radical (unpaired) electrons. The van der Waals surface area contributed by atoms with Gasteiger partial charge in [0.2, 0.25) is 5.91 Å². The Morgan fingerprint density at radius 1 is 1.13 bits per heavy atom. The number of nitrogens with zero attached hydrogens (tertiary/aromatic N) is 2. The molecular weight excluding hydrogens is 392 g/mol. The number of carbonyl (C=O) groups excluding carboxylic acids is 2. The fourth-order valence-corrected chi connectivity index (χ4v) is 4.58. The van der Waals surface area contributed by atoms with Crippen molar-refractivity contribution in [3.05, 3.63) is 16.7 Å². The Morgan fingerprint density at radius 3 is 2.30 bits per heavy atom. The molecule has 2 aliphatic heterocycles. The summed E-state index contributed by atoms with van der Waals surface area (Å²) in [5, 5.41) is 10.3. The number of carbonyl (C=O) groups is 2. The number of methoxy groups -OCH3 is 3. The number of amides is 2. The third kappa shape index (κ3) is 3.51. The van der Waals surface area contributed by atoms with Gasteiger partial charge in [0.05, 0.1) is 46.1 Å². The maximum Gasteiger partial charge on any atom is 0.410 e. The number of hydrogen-bond donors (Lipinski definition) is 1.